The highest BCUT2D eigenvalue weighted by Gasteiger charge is 2.29. The van der Waals surface area contributed by atoms with Gasteiger partial charge >= 0.3 is 0 Å². The number of imidazole rings is 1. The summed E-state index contributed by atoms with van der Waals surface area (Å²) in [5, 5.41) is 3.12. The maximum Gasteiger partial charge on any atom is 0.156 e. The average molecular weight is 490 g/mol. The van der Waals surface area contributed by atoms with Gasteiger partial charge in [-0.1, -0.05) is 0 Å². The number of likely N-dealkylation sites (tertiary alicyclic amines) is 1. The Hall–Kier alpha value is -3.33. The number of carbonyl (C=O) groups excluding carboxylic acids is 1. The standard InChI is InChI=1S/C27H32FN7O/c28-21-5-3-19(4-6-21)24-17-35(14-13-33-9-1-2-10-33)26(32-24)20-7-11-34(12-8-20)27-23-15-22(36)16-29-25(23)30-18-31-27/h3-6,17-18,20H,1-2,7-16H2,(H,29,30,31). The lowest BCUT2D eigenvalue weighted by Gasteiger charge is -2.34. The number of ketones is 1. The molecule has 2 fully saturated rings. The summed E-state index contributed by atoms with van der Waals surface area (Å²) in [5.41, 5.74) is 2.76. The van der Waals surface area contributed by atoms with Gasteiger partial charge in [0.1, 0.15) is 29.6 Å². The van der Waals surface area contributed by atoms with Gasteiger partial charge in [-0.05, 0) is 63.0 Å². The number of rotatable bonds is 6. The molecule has 0 atom stereocenters. The van der Waals surface area contributed by atoms with Crippen LogP contribution in [-0.4, -0.2) is 69.5 Å². The quantitative estimate of drug-likeness (QED) is 0.568. The van der Waals surface area contributed by atoms with E-state index in [0.29, 0.717) is 18.9 Å². The maximum atomic E-state index is 13.5. The Balaban J connectivity index is 1.21. The van der Waals surface area contributed by atoms with Crippen LogP contribution in [0.2, 0.25) is 0 Å². The Labute approximate surface area is 210 Å². The first-order valence-corrected chi connectivity index (χ1v) is 13.0. The predicted octanol–water partition coefficient (Wildman–Crippen LogP) is 3.50. The summed E-state index contributed by atoms with van der Waals surface area (Å²) in [7, 11) is 0. The summed E-state index contributed by atoms with van der Waals surface area (Å²) in [5.74, 6) is 3.05. The Morgan fingerprint density at radius 2 is 1.78 bits per heavy atom. The second-order valence-electron chi connectivity index (χ2n) is 10.1. The van der Waals surface area contributed by atoms with E-state index in [0.717, 1.165) is 73.3 Å². The third kappa shape index (κ3) is 4.72. The fourth-order valence-electron chi connectivity index (χ4n) is 5.73. The minimum atomic E-state index is -0.233. The monoisotopic (exact) mass is 489 g/mol. The van der Waals surface area contributed by atoms with Crippen molar-refractivity contribution in [2.45, 2.75) is 44.6 Å². The van der Waals surface area contributed by atoms with Crippen molar-refractivity contribution < 1.29 is 9.18 Å². The van der Waals surface area contributed by atoms with Gasteiger partial charge in [0.2, 0.25) is 0 Å². The van der Waals surface area contributed by atoms with Gasteiger partial charge < -0.3 is 19.7 Å². The van der Waals surface area contributed by atoms with E-state index < -0.39 is 0 Å². The third-order valence-electron chi connectivity index (χ3n) is 7.71. The topological polar surface area (TPSA) is 79.2 Å². The fourth-order valence-corrected chi connectivity index (χ4v) is 5.73. The summed E-state index contributed by atoms with van der Waals surface area (Å²) in [6.45, 7) is 6.33. The zero-order valence-electron chi connectivity index (χ0n) is 20.5. The van der Waals surface area contributed by atoms with Gasteiger partial charge in [-0.2, -0.15) is 0 Å². The number of piperidine rings is 1. The van der Waals surface area contributed by atoms with E-state index in [4.69, 9.17) is 4.98 Å². The van der Waals surface area contributed by atoms with Crippen molar-refractivity contribution in [1.29, 1.82) is 0 Å². The van der Waals surface area contributed by atoms with Crippen molar-refractivity contribution in [3.05, 3.63) is 54.0 Å². The summed E-state index contributed by atoms with van der Waals surface area (Å²) in [6.07, 6.45) is 8.61. The van der Waals surface area contributed by atoms with Crippen LogP contribution in [0.3, 0.4) is 0 Å². The van der Waals surface area contributed by atoms with Gasteiger partial charge in [0, 0.05) is 55.8 Å². The number of carbonyl (C=O) groups is 1. The molecule has 2 saturated heterocycles. The first-order valence-electron chi connectivity index (χ1n) is 13.0. The molecule has 5 heterocycles. The molecule has 0 radical (unpaired) electrons. The minimum absolute atomic E-state index is 0.168. The zero-order valence-corrected chi connectivity index (χ0v) is 20.5. The van der Waals surface area contributed by atoms with E-state index in [1.807, 2.05) is 12.1 Å². The summed E-state index contributed by atoms with van der Waals surface area (Å²) < 4.78 is 15.8. The Morgan fingerprint density at radius 1 is 1.00 bits per heavy atom. The van der Waals surface area contributed by atoms with Crippen molar-refractivity contribution >= 4 is 17.4 Å². The lowest BCUT2D eigenvalue weighted by molar-refractivity contribution is -0.117. The number of nitrogens with one attached hydrogen (secondary N) is 1. The molecule has 0 amide bonds. The van der Waals surface area contributed by atoms with Gasteiger partial charge in [0.05, 0.1) is 12.2 Å². The van der Waals surface area contributed by atoms with Gasteiger partial charge in [-0.15, -0.1) is 0 Å². The summed E-state index contributed by atoms with van der Waals surface area (Å²) in [4.78, 5) is 30.8. The molecular formula is C27H32FN7O. The summed E-state index contributed by atoms with van der Waals surface area (Å²) >= 11 is 0. The normalized spacial score (nSPS) is 18.9. The number of nitrogens with zero attached hydrogens (tertiary/aromatic N) is 6. The molecular weight excluding hydrogens is 457 g/mol. The van der Waals surface area contributed by atoms with Crippen LogP contribution in [-0.2, 0) is 17.8 Å². The van der Waals surface area contributed by atoms with E-state index in [2.05, 4.69) is 35.8 Å². The average Bonchev–Trinajstić information content (AvgIpc) is 3.58. The first-order chi connectivity index (χ1) is 17.6. The van der Waals surface area contributed by atoms with Gasteiger partial charge in [0.25, 0.3) is 0 Å². The molecule has 0 saturated carbocycles. The van der Waals surface area contributed by atoms with Gasteiger partial charge in [0.15, 0.2) is 5.78 Å². The Morgan fingerprint density at radius 3 is 2.56 bits per heavy atom. The minimum Gasteiger partial charge on any atom is -0.363 e. The van der Waals surface area contributed by atoms with E-state index in [1.54, 1.807) is 6.33 Å². The number of halogens is 1. The molecule has 2 aromatic heterocycles. The number of fused-ring (bicyclic) bond motifs is 1. The lowest BCUT2D eigenvalue weighted by atomic mass is 9.95. The molecule has 6 rings (SSSR count). The Bertz CT molecular complexity index is 1230. The highest BCUT2D eigenvalue weighted by molar-refractivity contribution is 5.90. The number of hydrogen-bond acceptors (Lipinski definition) is 7. The van der Waals surface area contributed by atoms with Gasteiger partial charge in [-0.3, -0.25) is 4.79 Å². The molecule has 1 N–H and O–H groups in total. The molecule has 188 valence electrons. The van der Waals surface area contributed by atoms with Crippen LogP contribution < -0.4 is 10.2 Å². The molecule has 1 aromatic carbocycles. The van der Waals surface area contributed by atoms with E-state index in [1.165, 1.54) is 38.1 Å². The number of Topliss-reactive ketones (excluding diaryl/α,β-unsaturated/α-hetero) is 1. The molecule has 0 spiro atoms. The molecule has 3 aromatic rings. The first kappa shape index (κ1) is 23.1. The SMILES string of the molecule is O=C1CNc2ncnc(N3CCC(c4nc(-c5ccc(F)cc5)cn4CCN4CCCC4)CC3)c2C1. The Kier molecular flexibility index (Phi) is 6.39. The van der Waals surface area contributed by atoms with E-state index in [9.17, 15) is 9.18 Å². The zero-order chi connectivity index (χ0) is 24.5. The van der Waals surface area contributed by atoms with Gasteiger partial charge in [-0.25, -0.2) is 19.3 Å². The number of aromatic nitrogens is 4. The van der Waals surface area contributed by atoms with Crippen molar-refractivity contribution in [1.82, 2.24) is 24.4 Å². The molecule has 0 bridgehead atoms. The van der Waals surface area contributed by atoms with Crippen molar-refractivity contribution in [2.75, 3.05) is 49.5 Å². The smallest absolute Gasteiger partial charge is 0.156 e. The second-order valence-corrected chi connectivity index (χ2v) is 10.1. The summed E-state index contributed by atoms with van der Waals surface area (Å²) in [6, 6.07) is 6.61. The molecule has 3 aliphatic rings. The van der Waals surface area contributed by atoms with Crippen LogP contribution in [0.15, 0.2) is 36.8 Å². The van der Waals surface area contributed by atoms with Crippen molar-refractivity contribution in [3.8, 4) is 11.3 Å². The van der Waals surface area contributed by atoms with Crippen molar-refractivity contribution in [2.24, 2.45) is 0 Å². The largest absolute Gasteiger partial charge is 0.363 e. The molecule has 0 unspecified atom stereocenters. The highest BCUT2D eigenvalue weighted by Crippen LogP contribution is 2.34. The molecule has 8 nitrogen and oxygen atoms in total. The van der Waals surface area contributed by atoms with E-state index >= 15 is 0 Å². The van der Waals surface area contributed by atoms with E-state index in [-0.39, 0.29) is 11.6 Å². The maximum absolute atomic E-state index is 13.5. The van der Waals surface area contributed by atoms with Crippen molar-refractivity contribution in [3.63, 3.8) is 0 Å². The molecule has 3 aliphatic heterocycles. The fraction of sp³-hybridized carbons (Fsp3) is 0.481. The van der Waals surface area contributed by atoms with Crippen LogP contribution in [0, 0.1) is 5.82 Å². The van der Waals surface area contributed by atoms with Crippen LogP contribution in [0.5, 0.6) is 0 Å². The molecule has 0 aliphatic carbocycles. The van der Waals surface area contributed by atoms with Crippen LogP contribution in [0.25, 0.3) is 11.3 Å². The molecule has 9 heteroatoms. The lowest BCUT2D eigenvalue weighted by Crippen LogP contribution is -2.36. The third-order valence-corrected chi connectivity index (χ3v) is 7.71. The van der Waals surface area contributed by atoms with Crippen LogP contribution in [0.4, 0.5) is 16.0 Å². The molecule has 36 heavy (non-hydrogen) atoms. The highest BCUT2D eigenvalue weighted by atomic mass is 19.1. The number of hydrogen-bond donors (Lipinski definition) is 1. The number of anilines is 2. The second kappa shape index (κ2) is 9.97. The number of benzene rings is 1. The van der Waals surface area contributed by atoms with Crippen LogP contribution >= 0.6 is 0 Å². The predicted molar refractivity (Wildman–Crippen MR) is 137 cm³/mol. The van der Waals surface area contributed by atoms with Crippen LogP contribution in [0.1, 0.15) is 43.0 Å².